The number of rotatable bonds is 3. The van der Waals surface area contributed by atoms with Gasteiger partial charge in [-0.05, 0) is 6.07 Å². The summed E-state index contributed by atoms with van der Waals surface area (Å²) >= 11 is 5.65. The quantitative estimate of drug-likeness (QED) is 0.638. The van der Waals surface area contributed by atoms with Gasteiger partial charge in [-0.25, -0.2) is 18.5 Å². The number of hydrogen-bond donors (Lipinski definition) is 1. The van der Waals surface area contributed by atoms with Gasteiger partial charge in [-0.3, -0.25) is 4.79 Å². The summed E-state index contributed by atoms with van der Waals surface area (Å²) in [5, 5.41) is 4.88. The van der Waals surface area contributed by atoms with Gasteiger partial charge in [0, 0.05) is 12.6 Å². The van der Waals surface area contributed by atoms with Gasteiger partial charge in [-0.1, -0.05) is 18.5 Å². The van der Waals surface area contributed by atoms with Crippen molar-refractivity contribution in [2.24, 2.45) is 5.14 Å². The van der Waals surface area contributed by atoms with Gasteiger partial charge in [0.1, 0.15) is 10.0 Å². The number of pyridine rings is 1. The fourth-order valence-electron chi connectivity index (χ4n) is 0.970. The van der Waals surface area contributed by atoms with Crippen LogP contribution in [0, 0.1) is 0 Å². The van der Waals surface area contributed by atoms with Crippen molar-refractivity contribution in [1.82, 2.24) is 4.98 Å². The first-order valence-corrected chi connectivity index (χ1v) is 6.00. The van der Waals surface area contributed by atoms with E-state index in [2.05, 4.69) is 4.98 Å². The Kier molecular flexibility index (Phi) is 3.43. The number of sulfonamides is 1. The Morgan fingerprint density at radius 1 is 1.60 bits per heavy atom. The standard InChI is InChI=1S/C8H9ClN2O3S/c1-2-7(12)6-3-5(15(10,13)14)4-11-8(6)9/h3-4H,2H2,1H3,(H2,10,13,14). The Labute approximate surface area is 92.3 Å². The second kappa shape index (κ2) is 4.26. The molecular formula is C8H9ClN2O3S. The van der Waals surface area contributed by atoms with Crippen molar-refractivity contribution in [2.45, 2.75) is 18.2 Å². The van der Waals surface area contributed by atoms with Crippen molar-refractivity contribution in [3.8, 4) is 0 Å². The minimum absolute atomic E-state index is 0.0192. The van der Waals surface area contributed by atoms with E-state index in [4.69, 9.17) is 16.7 Å². The predicted octanol–water partition coefficient (Wildman–Crippen LogP) is 0.975. The molecule has 0 saturated heterocycles. The van der Waals surface area contributed by atoms with Crippen molar-refractivity contribution in [3.63, 3.8) is 0 Å². The highest BCUT2D eigenvalue weighted by Gasteiger charge is 2.15. The molecule has 0 atom stereocenters. The molecule has 0 amide bonds. The van der Waals surface area contributed by atoms with Gasteiger partial charge in [0.05, 0.1) is 5.56 Å². The largest absolute Gasteiger partial charge is 0.294 e. The number of primary sulfonamides is 1. The molecule has 0 fully saturated rings. The van der Waals surface area contributed by atoms with E-state index in [1.807, 2.05) is 0 Å². The molecule has 7 heteroatoms. The summed E-state index contributed by atoms with van der Waals surface area (Å²) in [7, 11) is -3.86. The number of halogens is 1. The number of aromatic nitrogens is 1. The van der Waals surface area contributed by atoms with Crippen molar-refractivity contribution >= 4 is 27.4 Å². The zero-order chi connectivity index (χ0) is 11.6. The maximum absolute atomic E-state index is 11.4. The summed E-state index contributed by atoms with van der Waals surface area (Å²) in [5.41, 5.74) is 0.0747. The molecule has 0 aliphatic heterocycles. The normalized spacial score (nSPS) is 11.4. The van der Waals surface area contributed by atoms with E-state index in [0.717, 1.165) is 12.3 Å². The Bertz CT molecular complexity index is 499. The molecule has 0 spiro atoms. The monoisotopic (exact) mass is 248 g/mol. The zero-order valence-electron chi connectivity index (χ0n) is 7.90. The SMILES string of the molecule is CCC(=O)c1cc(S(N)(=O)=O)cnc1Cl. The molecule has 0 aliphatic carbocycles. The first-order valence-electron chi connectivity index (χ1n) is 4.07. The van der Waals surface area contributed by atoms with Crippen LogP contribution in [0.15, 0.2) is 17.2 Å². The van der Waals surface area contributed by atoms with E-state index in [9.17, 15) is 13.2 Å². The Balaban J connectivity index is 3.36. The highest BCUT2D eigenvalue weighted by atomic mass is 35.5. The van der Waals surface area contributed by atoms with Crippen LogP contribution in [0.4, 0.5) is 0 Å². The Morgan fingerprint density at radius 3 is 2.67 bits per heavy atom. The van der Waals surface area contributed by atoms with Crippen molar-refractivity contribution in [1.29, 1.82) is 0 Å². The molecule has 1 aromatic rings. The average molecular weight is 249 g/mol. The number of Topliss-reactive ketones (excluding diaryl/α,β-unsaturated/α-hetero) is 1. The zero-order valence-corrected chi connectivity index (χ0v) is 9.47. The number of nitrogens with zero attached hydrogens (tertiary/aromatic N) is 1. The molecule has 0 radical (unpaired) electrons. The van der Waals surface area contributed by atoms with Crippen LogP contribution >= 0.6 is 11.6 Å². The van der Waals surface area contributed by atoms with Crippen molar-refractivity contribution in [3.05, 3.63) is 23.0 Å². The fourth-order valence-corrected chi connectivity index (χ4v) is 1.66. The van der Waals surface area contributed by atoms with Crippen LogP contribution < -0.4 is 5.14 Å². The summed E-state index contributed by atoms with van der Waals surface area (Å²) in [6.45, 7) is 1.64. The van der Waals surface area contributed by atoms with E-state index in [1.54, 1.807) is 6.92 Å². The number of ketones is 1. The van der Waals surface area contributed by atoms with Gasteiger partial charge in [0.2, 0.25) is 10.0 Å². The van der Waals surface area contributed by atoms with Gasteiger partial charge in [0.25, 0.3) is 0 Å². The summed E-state index contributed by atoms with van der Waals surface area (Å²) in [6.07, 6.45) is 1.24. The van der Waals surface area contributed by atoms with Crippen LogP contribution in [0.25, 0.3) is 0 Å². The smallest absolute Gasteiger partial charge is 0.239 e. The van der Waals surface area contributed by atoms with E-state index in [-0.39, 0.29) is 27.8 Å². The molecule has 1 aromatic heterocycles. The van der Waals surface area contributed by atoms with Crippen LogP contribution in [-0.4, -0.2) is 19.2 Å². The molecule has 82 valence electrons. The fraction of sp³-hybridized carbons (Fsp3) is 0.250. The highest BCUT2D eigenvalue weighted by molar-refractivity contribution is 7.89. The molecule has 0 saturated carbocycles. The summed E-state index contributed by atoms with van der Waals surface area (Å²) in [6, 6.07) is 1.14. The summed E-state index contributed by atoms with van der Waals surface area (Å²) in [5.74, 6) is -0.280. The maximum Gasteiger partial charge on any atom is 0.239 e. The number of nitrogens with two attached hydrogens (primary N) is 1. The van der Waals surface area contributed by atoms with Crippen molar-refractivity contribution in [2.75, 3.05) is 0 Å². The number of hydrogen-bond acceptors (Lipinski definition) is 4. The molecule has 2 N–H and O–H groups in total. The number of carbonyl (C=O) groups is 1. The van der Waals surface area contributed by atoms with E-state index >= 15 is 0 Å². The number of carbonyl (C=O) groups excluding carboxylic acids is 1. The molecule has 1 rings (SSSR count). The van der Waals surface area contributed by atoms with Crippen molar-refractivity contribution < 1.29 is 13.2 Å². The second-order valence-corrected chi connectivity index (χ2v) is 4.75. The molecule has 0 unspecified atom stereocenters. The van der Waals surface area contributed by atoms with Gasteiger partial charge in [-0.15, -0.1) is 0 Å². The second-order valence-electron chi connectivity index (χ2n) is 2.83. The van der Waals surface area contributed by atoms with Gasteiger partial charge >= 0.3 is 0 Å². The van der Waals surface area contributed by atoms with Gasteiger partial charge < -0.3 is 0 Å². The van der Waals surface area contributed by atoms with Crippen LogP contribution in [0.1, 0.15) is 23.7 Å². The third-order valence-corrected chi connectivity index (χ3v) is 2.95. The third kappa shape index (κ3) is 2.74. The molecule has 15 heavy (non-hydrogen) atoms. The minimum atomic E-state index is -3.86. The predicted molar refractivity (Wildman–Crippen MR) is 55.2 cm³/mol. The lowest BCUT2D eigenvalue weighted by Crippen LogP contribution is -2.13. The molecule has 5 nitrogen and oxygen atoms in total. The van der Waals surface area contributed by atoms with Crippen LogP contribution in [0.5, 0.6) is 0 Å². The third-order valence-electron chi connectivity index (χ3n) is 1.76. The molecule has 0 aromatic carbocycles. The average Bonchev–Trinajstić information content (AvgIpc) is 2.15. The minimum Gasteiger partial charge on any atom is -0.294 e. The first-order chi connectivity index (χ1) is 6.86. The molecule has 0 aliphatic rings. The first kappa shape index (κ1) is 12.1. The van der Waals surface area contributed by atoms with Crippen LogP contribution in [0.2, 0.25) is 5.15 Å². The van der Waals surface area contributed by atoms with Gasteiger partial charge in [-0.2, -0.15) is 0 Å². The molecular weight excluding hydrogens is 240 g/mol. The lowest BCUT2D eigenvalue weighted by Gasteiger charge is -2.03. The van der Waals surface area contributed by atoms with E-state index < -0.39 is 10.0 Å². The van der Waals surface area contributed by atoms with Gasteiger partial charge in [0.15, 0.2) is 5.78 Å². The highest BCUT2D eigenvalue weighted by Crippen LogP contribution is 2.18. The Hall–Kier alpha value is -0.980. The lowest BCUT2D eigenvalue weighted by molar-refractivity contribution is 0.0987. The lowest BCUT2D eigenvalue weighted by atomic mass is 10.1. The topological polar surface area (TPSA) is 90.1 Å². The Morgan fingerprint density at radius 2 is 2.20 bits per heavy atom. The van der Waals surface area contributed by atoms with Crippen LogP contribution in [-0.2, 0) is 10.0 Å². The molecule has 0 bridgehead atoms. The van der Waals surface area contributed by atoms with Crippen LogP contribution in [0.3, 0.4) is 0 Å². The van der Waals surface area contributed by atoms with E-state index in [0.29, 0.717) is 0 Å². The van der Waals surface area contributed by atoms with E-state index in [1.165, 1.54) is 0 Å². The summed E-state index contributed by atoms with van der Waals surface area (Å²) < 4.78 is 22.0. The molecule has 1 heterocycles. The summed E-state index contributed by atoms with van der Waals surface area (Å²) in [4.78, 5) is 14.7. The maximum atomic E-state index is 11.4.